The Balaban J connectivity index is 2.05. The Labute approximate surface area is 162 Å². The van der Waals surface area contributed by atoms with Crippen LogP contribution < -0.4 is 10.5 Å². The summed E-state index contributed by atoms with van der Waals surface area (Å²) in [5.74, 6) is -0.323. The highest BCUT2D eigenvalue weighted by Gasteiger charge is 2.37. The number of carbonyl (C=O) groups excluding carboxylic acids is 1. The quantitative estimate of drug-likeness (QED) is 0.667. The molecule has 0 saturated heterocycles. The van der Waals surface area contributed by atoms with E-state index in [2.05, 4.69) is 0 Å². The van der Waals surface area contributed by atoms with Crippen LogP contribution in [0.2, 0.25) is 5.02 Å². The van der Waals surface area contributed by atoms with Gasteiger partial charge in [-0.3, -0.25) is 0 Å². The lowest BCUT2D eigenvalue weighted by Crippen LogP contribution is -2.27. The van der Waals surface area contributed by atoms with Crippen molar-refractivity contribution in [2.24, 2.45) is 5.73 Å². The van der Waals surface area contributed by atoms with Gasteiger partial charge in [0, 0.05) is 10.6 Å². The molecule has 3 aromatic rings. The maximum atomic E-state index is 12.8. The van der Waals surface area contributed by atoms with E-state index in [1.165, 1.54) is 0 Å². The first-order chi connectivity index (χ1) is 13.1. The van der Waals surface area contributed by atoms with Gasteiger partial charge < -0.3 is 15.2 Å². The van der Waals surface area contributed by atoms with Crippen LogP contribution in [-0.4, -0.2) is 12.6 Å². The molecule has 0 saturated carbocycles. The van der Waals surface area contributed by atoms with Crippen LogP contribution in [0.5, 0.6) is 5.75 Å². The van der Waals surface area contributed by atoms with E-state index < -0.39 is 11.9 Å². The molecule has 0 unspecified atom stereocenters. The number of nitrogens with two attached hydrogens (primary N) is 1. The van der Waals surface area contributed by atoms with Gasteiger partial charge in [0.1, 0.15) is 11.3 Å². The third kappa shape index (κ3) is 2.92. The maximum absolute atomic E-state index is 12.8. The summed E-state index contributed by atoms with van der Waals surface area (Å²) in [4.78, 5) is 12.8. The zero-order valence-electron chi connectivity index (χ0n) is 14.7. The lowest BCUT2D eigenvalue weighted by atomic mass is 9.80. The van der Waals surface area contributed by atoms with Gasteiger partial charge in [-0.15, -0.1) is 0 Å². The highest BCUT2D eigenvalue weighted by atomic mass is 35.5. The molecule has 4 nitrogen and oxygen atoms in total. The van der Waals surface area contributed by atoms with Crippen LogP contribution in [0.4, 0.5) is 0 Å². The average molecular weight is 380 g/mol. The first-order valence-corrected chi connectivity index (χ1v) is 9.10. The molecule has 4 rings (SSSR count). The largest absolute Gasteiger partial charge is 0.462 e. The van der Waals surface area contributed by atoms with E-state index in [4.69, 9.17) is 26.8 Å². The molecule has 1 aliphatic rings. The Morgan fingerprint density at radius 2 is 1.85 bits per heavy atom. The second kappa shape index (κ2) is 6.97. The summed E-state index contributed by atoms with van der Waals surface area (Å²) in [6.07, 6.45) is 0. The predicted molar refractivity (Wildman–Crippen MR) is 106 cm³/mol. The van der Waals surface area contributed by atoms with Crippen LogP contribution in [0.1, 0.15) is 24.0 Å². The van der Waals surface area contributed by atoms with Gasteiger partial charge in [0.25, 0.3) is 0 Å². The zero-order valence-corrected chi connectivity index (χ0v) is 15.5. The molecule has 1 heterocycles. The molecule has 3 aromatic carbocycles. The minimum absolute atomic E-state index is 0.0427. The van der Waals surface area contributed by atoms with Crippen molar-refractivity contribution < 1.29 is 14.3 Å². The normalized spacial score (nSPS) is 16.0. The van der Waals surface area contributed by atoms with Crippen molar-refractivity contribution in [3.05, 3.63) is 88.3 Å². The van der Waals surface area contributed by atoms with Gasteiger partial charge >= 0.3 is 5.97 Å². The van der Waals surface area contributed by atoms with Gasteiger partial charge in [0.15, 0.2) is 0 Å². The van der Waals surface area contributed by atoms with Crippen LogP contribution in [0, 0.1) is 0 Å². The average Bonchev–Trinajstić information content (AvgIpc) is 2.67. The zero-order chi connectivity index (χ0) is 19.0. The second-order valence-corrected chi connectivity index (χ2v) is 6.66. The van der Waals surface area contributed by atoms with E-state index in [0.29, 0.717) is 10.8 Å². The Hall–Kier alpha value is -2.98. The molecule has 0 amide bonds. The van der Waals surface area contributed by atoms with Crippen LogP contribution >= 0.6 is 11.6 Å². The second-order valence-electron chi connectivity index (χ2n) is 6.25. The third-order valence-corrected chi connectivity index (χ3v) is 5.05. The molecule has 0 fully saturated rings. The van der Waals surface area contributed by atoms with Crippen LogP contribution in [-0.2, 0) is 9.53 Å². The lowest BCUT2D eigenvalue weighted by molar-refractivity contribution is -0.139. The SMILES string of the molecule is CCOC(=O)C1=C(N)Oc2ccc3ccccc3c2[C@H]1c1ccccc1Cl. The fourth-order valence-corrected chi connectivity index (χ4v) is 3.81. The number of halogens is 1. The number of carbonyl (C=O) groups is 1. The van der Waals surface area contributed by atoms with Crippen molar-refractivity contribution in [1.29, 1.82) is 0 Å². The summed E-state index contributed by atoms with van der Waals surface area (Å²) in [7, 11) is 0. The molecule has 0 bridgehead atoms. The summed E-state index contributed by atoms with van der Waals surface area (Å²) in [6.45, 7) is 2.00. The molecule has 136 valence electrons. The summed E-state index contributed by atoms with van der Waals surface area (Å²) >= 11 is 6.51. The monoisotopic (exact) mass is 379 g/mol. The van der Waals surface area contributed by atoms with E-state index in [0.717, 1.165) is 21.9 Å². The van der Waals surface area contributed by atoms with E-state index in [1.807, 2.05) is 54.6 Å². The highest BCUT2D eigenvalue weighted by molar-refractivity contribution is 6.31. The van der Waals surface area contributed by atoms with Crippen molar-refractivity contribution in [2.75, 3.05) is 6.61 Å². The molecule has 2 N–H and O–H groups in total. The Morgan fingerprint density at radius 3 is 2.63 bits per heavy atom. The van der Waals surface area contributed by atoms with Gasteiger partial charge in [-0.05, 0) is 35.4 Å². The Kier molecular flexibility index (Phi) is 4.50. The Morgan fingerprint density at radius 1 is 1.11 bits per heavy atom. The molecule has 27 heavy (non-hydrogen) atoms. The summed E-state index contributed by atoms with van der Waals surface area (Å²) in [5, 5.41) is 2.58. The van der Waals surface area contributed by atoms with Gasteiger partial charge in [0.2, 0.25) is 5.88 Å². The third-order valence-electron chi connectivity index (χ3n) is 4.70. The lowest BCUT2D eigenvalue weighted by Gasteiger charge is -2.30. The van der Waals surface area contributed by atoms with Gasteiger partial charge in [-0.1, -0.05) is 60.1 Å². The van der Waals surface area contributed by atoms with E-state index in [9.17, 15) is 4.79 Å². The van der Waals surface area contributed by atoms with Crippen molar-refractivity contribution in [3.8, 4) is 5.75 Å². The smallest absolute Gasteiger partial charge is 0.340 e. The van der Waals surface area contributed by atoms with E-state index >= 15 is 0 Å². The molecule has 0 spiro atoms. The number of hydrogen-bond donors (Lipinski definition) is 1. The molecule has 0 radical (unpaired) electrons. The number of ether oxygens (including phenoxy) is 2. The van der Waals surface area contributed by atoms with Crippen LogP contribution in [0.25, 0.3) is 10.8 Å². The molecule has 1 aliphatic heterocycles. The fraction of sp³-hybridized carbons (Fsp3) is 0.136. The van der Waals surface area contributed by atoms with Crippen molar-refractivity contribution in [1.82, 2.24) is 0 Å². The van der Waals surface area contributed by atoms with Crippen molar-refractivity contribution in [2.45, 2.75) is 12.8 Å². The summed E-state index contributed by atoms with van der Waals surface area (Å²) < 4.78 is 11.1. The topological polar surface area (TPSA) is 61.5 Å². The highest BCUT2D eigenvalue weighted by Crippen LogP contribution is 2.47. The number of esters is 1. The standard InChI is InChI=1S/C22H18ClNO3/c1-2-26-22(25)20-19(15-9-5-6-10-16(15)23)18-14-8-4-3-7-13(14)11-12-17(18)27-21(20)24/h3-12,19H,2,24H2,1H3/t19-/m1/s1. The van der Waals surface area contributed by atoms with Crippen molar-refractivity contribution in [3.63, 3.8) is 0 Å². The first-order valence-electron chi connectivity index (χ1n) is 8.72. The maximum Gasteiger partial charge on any atom is 0.340 e. The van der Waals surface area contributed by atoms with Gasteiger partial charge in [0.05, 0.1) is 12.5 Å². The van der Waals surface area contributed by atoms with Crippen molar-refractivity contribution >= 4 is 28.3 Å². The minimum Gasteiger partial charge on any atom is -0.462 e. The molecule has 0 aromatic heterocycles. The number of fused-ring (bicyclic) bond motifs is 3. The Bertz CT molecular complexity index is 1070. The summed E-state index contributed by atoms with van der Waals surface area (Å²) in [5.41, 5.74) is 8.08. The molecular formula is C22H18ClNO3. The number of benzene rings is 3. The van der Waals surface area contributed by atoms with Gasteiger partial charge in [-0.2, -0.15) is 0 Å². The molecule has 1 atom stereocenters. The van der Waals surface area contributed by atoms with Crippen LogP contribution in [0.3, 0.4) is 0 Å². The fourth-order valence-electron chi connectivity index (χ4n) is 3.57. The number of rotatable bonds is 3. The van der Waals surface area contributed by atoms with E-state index in [1.54, 1.807) is 13.0 Å². The van der Waals surface area contributed by atoms with Crippen LogP contribution in [0.15, 0.2) is 72.1 Å². The van der Waals surface area contributed by atoms with Gasteiger partial charge in [-0.25, -0.2) is 4.79 Å². The molecular weight excluding hydrogens is 362 g/mol. The molecule has 0 aliphatic carbocycles. The first kappa shape index (κ1) is 17.4. The number of hydrogen-bond acceptors (Lipinski definition) is 4. The predicted octanol–water partition coefficient (Wildman–Crippen LogP) is 4.75. The van der Waals surface area contributed by atoms with E-state index in [-0.39, 0.29) is 18.1 Å². The summed E-state index contributed by atoms with van der Waals surface area (Å²) in [6, 6.07) is 19.2. The molecule has 5 heteroatoms. The minimum atomic E-state index is -0.501.